The molecular weight excluding hydrogens is 352 g/mol. The highest BCUT2D eigenvalue weighted by Gasteiger charge is 2.49. The third-order valence-corrected chi connectivity index (χ3v) is 5.73. The number of carbonyl (C=O) groups excluding carboxylic acids is 2. The van der Waals surface area contributed by atoms with E-state index in [0.29, 0.717) is 12.5 Å². The first-order valence-corrected chi connectivity index (χ1v) is 9.38. The van der Waals surface area contributed by atoms with Gasteiger partial charge in [-0.25, -0.2) is 0 Å². The summed E-state index contributed by atoms with van der Waals surface area (Å²) in [5, 5.41) is 6.47. The highest BCUT2D eigenvalue weighted by atomic mass is 35.5. The molecule has 6 heteroatoms. The van der Waals surface area contributed by atoms with Crippen molar-refractivity contribution in [2.75, 3.05) is 26.2 Å². The summed E-state index contributed by atoms with van der Waals surface area (Å²) >= 11 is 0. The molecule has 1 aliphatic heterocycles. The predicted octanol–water partition coefficient (Wildman–Crippen LogP) is 2.65. The van der Waals surface area contributed by atoms with E-state index in [1.165, 1.54) is 6.42 Å². The van der Waals surface area contributed by atoms with E-state index in [2.05, 4.69) is 10.6 Å². The molecule has 2 fully saturated rings. The van der Waals surface area contributed by atoms with E-state index in [4.69, 9.17) is 4.74 Å². The second kappa shape index (κ2) is 9.38. The van der Waals surface area contributed by atoms with E-state index in [1.54, 1.807) is 6.92 Å². The normalized spacial score (nSPS) is 25.5. The lowest BCUT2D eigenvalue weighted by molar-refractivity contribution is -0.145. The first-order valence-electron chi connectivity index (χ1n) is 9.38. The zero-order chi connectivity index (χ0) is 17.7. The van der Waals surface area contributed by atoms with Gasteiger partial charge in [0.25, 0.3) is 0 Å². The number of esters is 1. The maximum Gasteiger partial charge on any atom is 0.315 e. The van der Waals surface area contributed by atoms with E-state index in [1.807, 2.05) is 30.3 Å². The third-order valence-electron chi connectivity index (χ3n) is 5.73. The maximum atomic E-state index is 13.0. The minimum absolute atomic E-state index is 0. The minimum atomic E-state index is -0.460. The van der Waals surface area contributed by atoms with E-state index in [0.717, 1.165) is 37.9 Å². The van der Waals surface area contributed by atoms with Crippen molar-refractivity contribution in [2.24, 2.45) is 11.3 Å². The lowest BCUT2D eigenvalue weighted by atomic mass is 9.67. The minimum Gasteiger partial charge on any atom is -0.465 e. The van der Waals surface area contributed by atoms with Crippen LogP contribution in [0.3, 0.4) is 0 Å². The predicted molar refractivity (Wildman–Crippen MR) is 103 cm³/mol. The Bertz CT molecular complexity index is 610. The first-order chi connectivity index (χ1) is 12.2. The van der Waals surface area contributed by atoms with Crippen molar-refractivity contribution >= 4 is 24.3 Å². The molecular formula is C20H29ClN2O3. The number of amides is 1. The van der Waals surface area contributed by atoms with Gasteiger partial charge >= 0.3 is 5.97 Å². The molecule has 2 N–H and O–H groups in total. The lowest BCUT2D eigenvalue weighted by Crippen LogP contribution is -2.49. The van der Waals surface area contributed by atoms with Crippen molar-refractivity contribution in [3.63, 3.8) is 0 Å². The fourth-order valence-corrected chi connectivity index (χ4v) is 4.33. The smallest absolute Gasteiger partial charge is 0.315 e. The number of carbonyl (C=O) groups is 2. The molecule has 2 aliphatic rings. The van der Waals surface area contributed by atoms with Crippen molar-refractivity contribution in [3.05, 3.63) is 35.9 Å². The number of benzene rings is 1. The lowest BCUT2D eigenvalue weighted by Gasteiger charge is -2.37. The van der Waals surface area contributed by atoms with Gasteiger partial charge in [0, 0.05) is 13.1 Å². The van der Waals surface area contributed by atoms with Crippen LogP contribution in [-0.4, -0.2) is 38.1 Å². The molecule has 0 bridgehead atoms. The molecule has 1 aliphatic carbocycles. The van der Waals surface area contributed by atoms with Gasteiger partial charge in [-0.05, 0) is 37.8 Å². The van der Waals surface area contributed by atoms with Crippen molar-refractivity contribution in [1.82, 2.24) is 10.6 Å². The average Bonchev–Trinajstić information content (AvgIpc) is 3.08. The van der Waals surface area contributed by atoms with Crippen LogP contribution in [0.15, 0.2) is 30.3 Å². The van der Waals surface area contributed by atoms with Crippen molar-refractivity contribution < 1.29 is 14.3 Å². The van der Waals surface area contributed by atoms with Crippen LogP contribution < -0.4 is 10.6 Å². The van der Waals surface area contributed by atoms with Gasteiger partial charge in [-0.3, -0.25) is 9.59 Å². The van der Waals surface area contributed by atoms with Gasteiger partial charge in [0.1, 0.15) is 0 Å². The van der Waals surface area contributed by atoms with Gasteiger partial charge < -0.3 is 15.4 Å². The van der Waals surface area contributed by atoms with Gasteiger partial charge in [-0.1, -0.05) is 43.2 Å². The Kier molecular flexibility index (Phi) is 7.47. The molecule has 1 amide bonds. The van der Waals surface area contributed by atoms with Crippen LogP contribution in [-0.2, 0) is 14.3 Å². The molecule has 1 unspecified atom stereocenters. The summed E-state index contributed by atoms with van der Waals surface area (Å²) in [4.78, 5) is 25.4. The summed E-state index contributed by atoms with van der Waals surface area (Å²) in [5.41, 5.74) is 0.581. The summed E-state index contributed by atoms with van der Waals surface area (Å²) in [6.07, 6.45) is 4.36. The molecule has 3 rings (SSSR count). The number of ether oxygens (including phenoxy) is 1. The van der Waals surface area contributed by atoms with Crippen molar-refractivity contribution in [3.8, 4) is 0 Å². The van der Waals surface area contributed by atoms with E-state index in [-0.39, 0.29) is 36.2 Å². The quantitative estimate of drug-likeness (QED) is 0.744. The summed E-state index contributed by atoms with van der Waals surface area (Å²) in [7, 11) is 0. The van der Waals surface area contributed by atoms with E-state index in [9.17, 15) is 9.59 Å². The Labute approximate surface area is 161 Å². The molecule has 1 saturated carbocycles. The molecule has 1 aromatic carbocycles. The molecule has 5 nitrogen and oxygen atoms in total. The Morgan fingerprint density at radius 1 is 1.31 bits per heavy atom. The molecule has 1 saturated heterocycles. The number of hydrogen-bond donors (Lipinski definition) is 2. The molecule has 1 heterocycles. The van der Waals surface area contributed by atoms with Crippen LogP contribution in [0.5, 0.6) is 0 Å². The molecule has 26 heavy (non-hydrogen) atoms. The van der Waals surface area contributed by atoms with Crippen molar-refractivity contribution in [1.29, 1.82) is 0 Å². The first kappa shape index (κ1) is 20.7. The Hall–Kier alpha value is -1.59. The van der Waals surface area contributed by atoms with Crippen LogP contribution in [0, 0.1) is 11.3 Å². The number of hydrogen-bond acceptors (Lipinski definition) is 4. The second-order valence-electron chi connectivity index (χ2n) is 7.16. The van der Waals surface area contributed by atoms with Crippen molar-refractivity contribution in [2.45, 2.75) is 38.5 Å². The highest BCUT2D eigenvalue weighted by Crippen LogP contribution is 2.43. The summed E-state index contributed by atoms with van der Waals surface area (Å²) in [6.45, 7) is 4.10. The number of halogens is 1. The maximum absolute atomic E-state index is 13.0. The van der Waals surface area contributed by atoms with Crippen LogP contribution >= 0.6 is 12.4 Å². The van der Waals surface area contributed by atoms with Gasteiger partial charge in [0.15, 0.2) is 0 Å². The molecule has 0 spiro atoms. The monoisotopic (exact) mass is 380 g/mol. The zero-order valence-corrected chi connectivity index (χ0v) is 16.1. The number of nitrogens with one attached hydrogen (secondary N) is 2. The van der Waals surface area contributed by atoms with Gasteiger partial charge in [0.2, 0.25) is 5.91 Å². The van der Waals surface area contributed by atoms with E-state index < -0.39 is 5.92 Å². The number of fused-ring (bicyclic) bond motifs is 1. The number of rotatable bonds is 6. The summed E-state index contributed by atoms with van der Waals surface area (Å²) in [6, 6.07) is 9.54. The second-order valence-corrected chi connectivity index (χ2v) is 7.16. The zero-order valence-electron chi connectivity index (χ0n) is 15.3. The topological polar surface area (TPSA) is 67.4 Å². The Morgan fingerprint density at radius 3 is 2.81 bits per heavy atom. The largest absolute Gasteiger partial charge is 0.465 e. The molecule has 3 atom stereocenters. The molecule has 144 valence electrons. The van der Waals surface area contributed by atoms with E-state index >= 15 is 0 Å². The van der Waals surface area contributed by atoms with Crippen LogP contribution in [0.25, 0.3) is 0 Å². The summed E-state index contributed by atoms with van der Waals surface area (Å²) < 4.78 is 5.22. The fourth-order valence-electron chi connectivity index (χ4n) is 4.33. The molecule has 0 aromatic heterocycles. The van der Waals surface area contributed by atoms with Crippen LogP contribution in [0.1, 0.15) is 44.1 Å². The Balaban J connectivity index is 0.00000243. The van der Waals surface area contributed by atoms with Gasteiger partial charge in [0.05, 0.1) is 17.9 Å². The van der Waals surface area contributed by atoms with Gasteiger partial charge in [-0.15, -0.1) is 12.4 Å². The molecule has 1 aromatic rings. The van der Waals surface area contributed by atoms with Crippen LogP contribution in [0.2, 0.25) is 0 Å². The van der Waals surface area contributed by atoms with Crippen LogP contribution in [0.4, 0.5) is 0 Å². The standard InChI is InChI=1S/C20H28N2O3.ClH/c1-2-25-18(23)17(15-8-4-3-5-9-15)13-22-19(24)20-11-7-6-10-16(20)12-21-14-20;/h3-5,8-9,16-17,21H,2,6-7,10-14H2,1H3,(H,22,24);1H/t16-,17?,20+;/m0./s1. The van der Waals surface area contributed by atoms with Gasteiger partial charge in [-0.2, -0.15) is 0 Å². The fraction of sp³-hybridized carbons (Fsp3) is 0.600. The third kappa shape index (κ3) is 4.21. The Morgan fingerprint density at radius 2 is 2.08 bits per heavy atom. The average molecular weight is 381 g/mol. The molecule has 0 radical (unpaired) electrons. The summed E-state index contributed by atoms with van der Waals surface area (Å²) in [5.74, 6) is -0.236. The SMILES string of the molecule is CCOC(=O)C(CNC(=O)[C@@]12CCCC[C@H]1CNC2)c1ccccc1.Cl. The highest BCUT2D eigenvalue weighted by molar-refractivity contribution is 5.86.